The molecular weight excluding hydrogens is 252 g/mol. The van der Waals surface area contributed by atoms with Gasteiger partial charge in [0.05, 0.1) is 0 Å². The number of rotatable bonds is 4. The number of hydrogen-bond donors (Lipinski definition) is 2. The van der Waals surface area contributed by atoms with Crippen molar-refractivity contribution in [3.8, 4) is 0 Å². The van der Waals surface area contributed by atoms with Crippen LogP contribution in [-0.2, 0) is 9.59 Å². The lowest BCUT2D eigenvalue weighted by atomic mass is 9.80. The molecule has 0 spiro atoms. The highest BCUT2D eigenvalue weighted by Gasteiger charge is 2.30. The summed E-state index contributed by atoms with van der Waals surface area (Å²) in [6.45, 7) is 2.10. The van der Waals surface area contributed by atoms with E-state index >= 15 is 0 Å². The second-order valence-corrected chi connectivity index (χ2v) is 5.62. The summed E-state index contributed by atoms with van der Waals surface area (Å²) in [6, 6.07) is 8.41. The van der Waals surface area contributed by atoms with Crippen molar-refractivity contribution in [3.63, 3.8) is 0 Å². The van der Waals surface area contributed by atoms with Gasteiger partial charge in [-0.05, 0) is 24.3 Å². The first-order valence-electron chi connectivity index (χ1n) is 7.24. The zero-order valence-electron chi connectivity index (χ0n) is 11.8. The van der Waals surface area contributed by atoms with Gasteiger partial charge in [-0.15, -0.1) is 0 Å². The molecule has 1 aromatic carbocycles. The third kappa shape index (κ3) is 3.38. The van der Waals surface area contributed by atoms with Crippen LogP contribution < -0.4 is 11.1 Å². The highest BCUT2D eigenvalue weighted by atomic mass is 16.2. The van der Waals surface area contributed by atoms with Gasteiger partial charge in [-0.3, -0.25) is 9.59 Å². The Balaban J connectivity index is 2.08. The molecule has 0 heterocycles. The van der Waals surface area contributed by atoms with Crippen molar-refractivity contribution in [2.24, 2.45) is 17.6 Å². The van der Waals surface area contributed by atoms with Crippen molar-refractivity contribution in [2.45, 2.75) is 38.6 Å². The molecule has 0 aliphatic heterocycles. The molecule has 108 valence electrons. The van der Waals surface area contributed by atoms with Crippen LogP contribution in [0.3, 0.4) is 0 Å². The third-order valence-corrected chi connectivity index (χ3v) is 4.15. The van der Waals surface area contributed by atoms with Gasteiger partial charge < -0.3 is 11.1 Å². The topological polar surface area (TPSA) is 72.2 Å². The minimum absolute atomic E-state index is 0.00527. The Hall–Kier alpha value is -1.84. The molecule has 1 aliphatic carbocycles. The smallest absolute Gasteiger partial charge is 0.244 e. The standard InChI is InChI=1S/C16H22N2O2/c1-11-7-5-6-10-13(11)16(20)18-14(15(17)19)12-8-3-2-4-9-12/h2-4,8-9,11,13-14H,5-7,10H2,1H3,(H2,17,19)(H,18,20)/t11-,13-,14?/m1/s1. The minimum Gasteiger partial charge on any atom is -0.368 e. The lowest BCUT2D eigenvalue weighted by Crippen LogP contribution is -2.42. The van der Waals surface area contributed by atoms with Crippen LogP contribution in [0.1, 0.15) is 44.2 Å². The van der Waals surface area contributed by atoms with E-state index in [1.54, 1.807) is 12.1 Å². The highest BCUT2D eigenvalue weighted by molar-refractivity contribution is 5.88. The second-order valence-electron chi connectivity index (χ2n) is 5.62. The van der Waals surface area contributed by atoms with E-state index in [4.69, 9.17) is 5.73 Å². The van der Waals surface area contributed by atoms with Gasteiger partial charge in [0.2, 0.25) is 11.8 Å². The fourth-order valence-corrected chi connectivity index (χ4v) is 2.92. The number of benzene rings is 1. The zero-order chi connectivity index (χ0) is 14.5. The molecule has 1 fully saturated rings. The van der Waals surface area contributed by atoms with Crippen molar-refractivity contribution >= 4 is 11.8 Å². The van der Waals surface area contributed by atoms with Gasteiger partial charge in [-0.25, -0.2) is 0 Å². The summed E-state index contributed by atoms with van der Waals surface area (Å²) in [4.78, 5) is 24.0. The summed E-state index contributed by atoms with van der Waals surface area (Å²) < 4.78 is 0. The SMILES string of the molecule is C[C@@H]1CCCC[C@H]1C(=O)NC(C(N)=O)c1ccccc1. The van der Waals surface area contributed by atoms with Gasteiger partial charge in [0.25, 0.3) is 0 Å². The molecule has 1 saturated carbocycles. The monoisotopic (exact) mass is 274 g/mol. The van der Waals surface area contributed by atoms with Crippen LogP contribution in [0, 0.1) is 11.8 Å². The molecule has 2 amide bonds. The van der Waals surface area contributed by atoms with Crippen LogP contribution in [0.5, 0.6) is 0 Å². The largest absolute Gasteiger partial charge is 0.368 e. The lowest BCUT2D eigenvalue weighted by molar-refractivity contribution is -0.132. The number of carbonyl (C=O) groups excluding carboxylic acids is 2. The van der Waals surface area contributed by atoms with E-state index in [-0.39, 0.29) is 11.8 Å². The molecule has 4 nitrogen and oxygen atoms in total. The molecule has 1 aromatic rings. The maximum atomic E-state index is 12.4. The molecule has 2 rings (SSSR count). The van der Waals surface area contributed by atoms with Crippen LogP contribution in [-0.4, -0.2) is 11.8 Å². The molecule has 1 aliphatic rings. The number of hydrogen-bond acceptors (Lipinski definition) is 2. The van der Waals surface area contributed by atoms with Crippen LogP contribution in [0.15, 0.2) is 30.3 Å². The fourth-order valence-electron chi connectivity index (χ4n) is 2.92. The normalized spacial score (nSPS) is 23.9. The molecule has 0 radical (unpaired) electrons. The molecule has 4 heteroatoms. The predicted molar refractivity (Wildman–Crippen MR) is 77.6 cm³/mol. The Labute approximate surface area is 119 Å². The summed E-state index contributed by atoms with van der Waals surface area (Å²) in [5, 5.41) is 2.82. The average molecular weight is 274 g/mol. The predicted octanol–water partition coefficient (Wildman–Crippen LogP) is 2.16. The van der Waals surface area contributed by atoms with E-state index in [0.29, 0.717) is 5.92 Å². The summed E-state index contributed by atoms with van der Waals surface area (Å²) in [6.07, 6.45) is 4.23. The van der Waals surface area contributed by atoms with Crippen molar-refractivity contribution in [1.82, 2.24) is 5.32 Å². The second kappa shape index (κ2) is 6.55. The number of primary amides is 1. The molecular formula is C16H22N2O2. The van der Waals surface area contributed by atoms with E-state index in [1.165, 1.54) is 6.42 Å². The number of carbonyl (C=O) groups is 2. The molecule has 0 bridgehead atoms. The van der Waals surface area contributed by atoms with Crippen LogP contribution in [0.2, 0.25) is 0 Å². The maximum Gasteiger partial charge on any atom is 0.244 e. The van der Waals surface area contributed by atoms with Gasteiger partial charge in [-0.2, -0.15) is 0 Å². The zero-order valence-corrected chi connectivity index (χ0v) is 11.8. The minimum atomic E-state index is -0.738. The van der Waals surface area contributed by atoms with E-state index < -0.39 is 11.9 Å². The van der Waals surface area contributed by atoms with Crippen molar-refractivity contribution in [3.05, 3.63) is 35.9 Å². The van der Waals surface area contributed by atoms with Crippen LogP contribution in [0.25, 0.3) is 0 Å². The van der Waals surface area contributed by atoms with Gasteiger partial charge in [0.15, 0.2) is 0 Å². The van der Waals surface area contributed by atoms with E-state index in [0.717, 1.165) is 24.8 Å². The fraction of sp³-hybridized carbons (Fsp3) is 0.500. The molecule has 20 heavy (non-hydrogen) atoms. The van der Waals surface area contributed by atoms with Crippen molar-refractivity contribution in [2.75, 3.05) is 0 Å². The molecule has 3 atom stereocenters. The van der Waals surface area contributed by atoms with Crippen LogP contribution in [0.4, 0.5) is 0 Å². The highest BCUT2D eigenvalue weighted by Crippen LogP contribution is 2.30. The molecule has 0 saturated heterocycles. The summed E-state index contributed by atoms with van der Waals surface area (Å²) in [7, 11) is 0. The summed E-state index contributed by atoms with van der Waals surface area (Å²) in [5.74, 6) is -0.208. The van der Waals surface area contributed by atoms with Crippen LogP contribution >= 0.6 is 0 Å². The van der Waals surface area contributed by atoms with E-state index in [2.05, 4.69) is 12.2 Å². The lowest BCUT2D eigenvalue weighted by Gasteiger charge is -2.29. The average Bonchev–Trinajstić information content (AvgIpc) is 2.45. The number of nitrogens with two attached hydrogens (primary N) is 1. The Morgan fingerprint density at radius 2 is 1.85 bits per heavy atom. The Morgan fingerprint density at radius 1 is 1.20 bits per heavy atom. The first-order chi connectivity index (χ1) is 9.59. The van der Waals surface area contributed by atoms with E-state index in [9.17, 15) is 9.59 Å². The Bertz CT molecular complexity index is 473. The van der Waals surface area contributed by atoms with E-state index in [1.807, 2.05) is 18.2 Å². The Kier molecular flexibility index (Phi) is 4.77. The Morgan fingerprint density at radius 3 is 2.45 bits per heavy atom. The number of amides is 2. The van der Waals surface area contributed by atoms with Crippen molar-refractivity contribution in [1.29, 1.82) is 0 Å². The van der Waals surface area contributed by atoms with Gasteiger partial charge >= 0.3 is 0 Å². The summed E-state index contributed by atoms with van der Waals surface area (Å²) >= 11 is 0. The quantitative estimate of drug-likeness (QED) is 0.883. The third-order valence-electron chi connectivity index (χ3n) is 4.15. The number of nitrogens with one attached hydrogen (secondary N) is 1. The molecule has 3 N–H and O–H groups in total. The van der Waals surface area contributed by atoms with Gasteiger partial charge in [-0.1, -0.05) is 50.1 Å². The molecule has 1 unspecified atom stereocenters. The maximum absolute atomic E-state index is 12.4. The van der Waals surface area contributed by atoms with Crippen molar-refractivity contribution < 1.29 is 9.59 Å². The van der Waals surface area contributed by atoms with Gasteiger partial charge in [0.1, 0.15) is 6.04 Å². The summed E-state index contributed by atoms with van der Waals surface area (Å²) in [5.41, 5.74) is 6.16. The molecule has 0 aromatic heterocycles. The van der Waals surface area contributed by atoms with Gasteiger partial charge in [0, 0.05) is 5.92 Å². The first kappa shape index (κ1) is 14.6. The first-order valence-corrected chi connectivity index (χ1v) is 7.24.